The van der Waals surface area contributed by atoms with Crippen LogP contribution < -0.4 is 10.6 Å². The molecule has 2 rings (SSSR count). The summed E-state index contributed by atoms with van der Waals surface area (Å²) in [6.07, 6.45) is 0.872. The molecule has 0 saturated heterocycles. The van der Waals surface area contributed by atoms with Gasteiger partial charge in [0.05, 0.1) is 4.92 Å². The Balaban J connectivity index is 2.14. The molecule has 0 bridgehead atoms. The van der Waals surface area contributed by atoms with Crippen LogP contribution in [0.25, 0.3) is 0 Å². The molecule has 0 saturated carbocycles. The molecule has 2 N–H and O–H groups in total. The smallest absolute Gasteiger partial charge is 0.292 e. The van der Waals surface area contributed by atoms with Crippen LogP contribution in [-0.2, 0) is 6.42 Å². The quantitative estimate of drug-likeness (QED) is 0.508. The molecule has 21 heavy (non-hydrogen) atoms. The number of nitrogens with one attached hydrogen (secondary N) is 2. The van der Waals surface area contributed by atoms with E-state index in [1.165, 1.54) is 6.07 Å². The maximum Gasteiger partial charge on any atom is 0.292 e. The zero-order valence-electron chi connectivity index (χ0n) is 11.5. The molecule has 0 aliphatic carbocycles. The molecule has 0 heterocycles. The number of benzene rings is 2. The van der Waals surface area contributed by atoms with E-state index in [-0.39, 0.29) is 5.69 Å². The lowest BCUT2D eigenvalue weighted by atomic mass is 10.1. The van der Waals surface area contributed by atoms with Crippen molar-refractivity contribution in [1.29, 1.82) is 0 Å². The average Bonchev–Trinajstić information content (AvgIpc) is 2.48. The number of rotatable bonds is 4. The Morgan fingerprint density at radius 3 is 2.33 bits per heavy atom. The van der Waals surface area contributed by atoms with Crippen LogP contribution in [0.4, 0.5) is 17.1 Å². The molecule has 0 aliphatic rings. The number of aryl methyl sites for hydroxylation is 1. The molecule has 0 radical (unpaired) electrons. The van der Waals surface area contributed by atoms with Gasteiger partial charge in [0.2, 0.25) is 0 Å². The fraction of sp³-hybridized carbons (Fsp3) is 0.133. The van der Waals surface area contributed by atoms with Crippen molar-refractivity contribution in [2.45, 2.75) is 13.3 Å². The number of thiocarbonyl (C=S) groups is 1. The minimum absolute atomic E-state index is 0.00886. The van der Waals surface area contributed by atoms with Crippen molar-refractivity contribution in [3.63, 3.8) is 0 Å². The van der Waals surface area contributed by atoms with Gasteiger partial charge in [-0.05, 0) is 36.3 Å². The molecule has 2 aromatic carbocycles. The monoisotopic (exact) mass is 301 g/mol. The molecule has 5 nitrogen and oxygen atoms in total. The van der Waals surface area contributed by atoms with E-state index in [4.69, 9.17) is 12.2 Å². The highest BCUT2D eigenvalue weighted by atomic mass is 32.1. The summed E-state index contributed by atoms with van der Waals surface area (Å²) in [6, 6.07) is 14.2. The molecule has 0 fully saturated rings. The normalized spacial score (nSPS) is 9.95. The number of nitro groups is 1. The third-order valence-electron chi connectivity index (χ3n) is 3.00. The molecular weight excluding hydrogens is 286 g/mol. The van der Waals surface area contributed by atoms with E-state index in [1.807, 2.05) is 24.3 Å². The molecule has 2 aromatic rings. The zero-order chi connectivity index (χ0) is 15.2. The highest BCUT2D eigenvalue weighted by Gasteiger charge is 2.13. The summed E-state index contributed by atoms with van der Waals surface area (Å²) in [4.78, 5) is 10.5. The molecule has 108 valence electrons. The first-order valence-electron chi connectivity index (χ1n) is 6.51. The van der Waals surface area contributed by atoms with Gasteiger partial charge in [0.1, 0.15) is 5.69 Å². The van der Waals surface area contributed by atoms with Crippen LogP contribution in [0.15, 0.2) is 48.5 Å². The van der Waals surface area contributed by atoms with Crippen molar-refractivity contribution in [1.82, 2.24) is 0 Å². The first-order valence-corrected chi connectivity index (χ1v) is 6.92. The number of nitro benzene ring substituents is 1. The van der Waals surface area contributed by atoms with E-state index in [9.17, 15) is 10.1 Å². The summed E-state index contributed by atoms with van der Waals surface area (Å²) in [5.74, 6) is 0. The van der Waals surface area contributed by atoms with Gasteiger partial charge in [0.15, 0.2) is 5.11 Å². The molecule has 0 unspecified atom stereocenters. The summed E-state index contributed by atoms with van der Waals surface area (Å²) in [6.45, 7) is 2.05. The van der Waals surface area contributed by atoms with Crippen molar-refractivity contribution >= 4 is 34.4 Å². The number of hydrogen-bond donors (Lipinski definition) is 2. The Bertz CT molecular complexity index is 673. The molecule has 0 atom stereocenters. The van der Waals surface area contributed by atoms with Crippen LogP contribution in [0.3, 0.4) is 0 Å². The highest BCUT2D eigenvalue weighted by Crippen LogP contribution is 2.23. The fourth-order valence-corrected chi connectivity index (χ4v) is 2.18. The predicted octanol–water partition coefficient (Wildman–Crippen LogP) is 3.97. The fourth-order valence-electron chi connectivity index (χ4n) is 1.96. The Kier molecular flexibility index (Phi) is 4.84. The van der Waals surface area contributed by atoms with Gasteiger partial charge in [0, 0.05) is 11.8 Å². The minimum atomic E-state index is -0.440. The lowest BCUT2D eigenvalue weighted by Crippen LogP contribution is -2.20. The SMILES string of the molecule is CCc1ccccc1NC(=S)Nc1ccccc1[N+](=O)[O-]. The van der Waals surface area contributed by atoms with Crippen molar-refractivity contribution in [3.8, 4) is 0 Å². The van der Waals surface area contributed by atoms with Crippen molar-refractivity contribution in [2.75, 3.05) is 10.6 Å². The Morgan fingerprint density at radius 2 is 1.67 bits per heavy atom. The van der Waals surface area contributed by atoms with E-state index in [2.05, 4.69) is 17.6 Å². The van der Waals surface area contributed by atoms with Gasteiger partial charge in [-0.25, -0.2) is 0 Å². The van der Waals surface area contributed by atoms with Gasteiger partial charge < -0.3 is 10.6 Å². The topological polar surface area (TPSA) is 67.2 Å². The van der Waals surface area contributed by atoms with Crippen LogP contribution in [0.1, 0.15) is 12.5 Å². The summed E-state index contributed by atoms with van der Waals surface area (Å²) in [5.41, 5.74) is 2.39. The first kappa shape index (κ1) is 14.9. The lowest BCUT2D eigenvalue weighted by Gasteiger charge is -2.13. The van der Waals surface area contributed by atoms with E-state index in [0.29, 0.717) is 10.8 Å². The minimum Gasteiger partial charge on any atom is -0.332 e. The Morgan fingerprint density at radius 1 is 1.10 bits per heavy atom. The standard InChI is InChI=1S/C15H15N3O2S/c1-2-11-7-3-4-8-12(11)16-15(21)17-13-9-5-6-10-14(13)18(19)20/h3-10H,2H2,1H3,(H2,16,17,21). The molecule has 0 aromatic heterocycles. The van der Waals surface area contributed by atoms with Gasteiger partial charge in [0.25, 0.3) is 5.69 Å². The van der Waals surface area contributed by atoms with Crippen LogP contribution >= 0.6 is 12.2 Å². The average molecular weight is 301 g/mol. The second-order valence-electron chi connectivity index (χ2n) is 4.36. The lowest BCUT2D eigenvalue weighted by molar-refractivity contribution is -0.383. The van der Waals surface area contributed by atoms with Crippen molar-refractivity contribution < 1.29 is 4.92 Å². The molecule has 0 spiro atoms. The van der Waals surface area contributed by atoms with Crippen molar-refractivity contribution in [3.05, 3.63) is 64.2 Å². The van der Waals surface area contributed by atoms with E-state index < -0.39 is 4.92 Å². The summed E-state index contributed by atoms with van der Waals surface area (Å²) in [5, 5.41) is 17.2. The predicted molar refractivity (Wildman–Crippen MR) is 88.8 cm³/mol. The Hall–Kier alpha value is -2.47. The van der Waals surface area contributed by atoms with Crippen LogP contribution in [0.5, 0.6) is 0 Å². The Labute approximate surface area is 128 Å². The zero-order valence-corrected chi connectivity index (χ0v) is 12.3. The summed E-state index contributed by atoms with van der Waals surface area (Å²) < 4.78 is 0. The maximum absolute atomic E-state index is 11.0. The van der Waals surface area contributed by atoms with E-state index in [0.717, 1.165) is 17.7 Å². The number of anilines is 2. The van der Waals surface area contributed by atoms with Gasteiger partial charge in [-0.1, -0.05) is 37.3 Å². The first-order chi connectivity index (χ1) is 10.1. The summed E-state index contributed by atoms with van der Waals surface area (Å²) in [7, 11) is 0. The van der Waals surface area contributed by atoms with Gasteiger partial charge in [-0.3, -0.25) is 10.1 Å². The van der Waals surface area contributed by atoms with E-state index in [1.54, 1.807) is 18.2 Å². The van der Waals surface area contributed by atoms with Crippen LogP contribution in [0.2, 0.25) is 0 Å². The number of hydrogen-bond acceptors (Lipinski definition) is 3. The number of nitrogens with zero attached hydrogens (tertiary/aromatic N) is 1. The highest BCUT2D eigenvalue weighted by molar-refractivity contribution is 7.80. The third kappa shape index (κ3) is 3.76. The third-order valence-corrected chi connectivity index (χ3v) is 3.20. The van der Waals surface area contributed by atoms with E-state index >= 15 is 0 Å². The number of para-hydroxylation sites is 3. The second-order valence-corrected chi connectivity index (χ2v) is 4.77. The maximum atomic E-state index is 11.0. The second kappa shape index (κ2) is 6.81. The molecular formula is C15H15N3O2S. The van der Waals surface area contributed by atoms with Crippen LogP contribution in [0, 0.1) is 10.1 Å². The molecule has 6 heteroatoms. The largest absolute Gasteiger partial charge is 0.332 e. The van der Waals surface area contributed by atoms with Gasteiger partial charge >= 0.3 is 0 Å². The molecule has 0 amide bonds. The molecule has 0 aliphatic heterocycles. The summed E-state index contributed by atoms with van der Waals surface area (Å²) >= 11 is 5.23. The van der Waals surface area contributed by atoms with Gasteiger partial charge in [-0.2, -0.15) is 0 Å². The van der Waals surface area contributed by atoms with Gasteiger partial charge in [-0.15, -0.1) is 0 Å². The van der Waals surface area contributed by atoms with Crippen molar-refractivity contribution in [2.24, 2.45) is 0 Å². The van der Waals surface area contributed by atoms with Crippen LogP contribution in [-0.4, -0.2) is 10.0 Å².